The lowest BCUT2D eigenvalue weighted by atomic mass is 10.1. The lowest BCUT2D eigenvalue weighted by molar-refractivity contribution is -0.880. The van der Waals surface area contributed by atoms with Gasteiger partial charge in [0, 0.05) is 0 Å². The molecule has 4 nitrogen and oxygen atoms in total. The lowest BCUT2D eigenvalue weighted by Gasteiger charge is -2.34. The van der Waals surface area contributed by atoms with Gasteiger partial charge in [0.15, 0.2) is 6.29 Å². The fourth-order valence-corrected chi connectivity index (χ4v) is 5.49. The van der Waals surface area contributed by atoms with Crippen molar-refractivity contribution in [1.29, 1.82) is 0 Å². The first-order chi connectivity index (χ1) is 11.1. The Morgan fingerprint density at radius 2 is 1.21 bits per heavy atom. The molecule has 0 saturated carbocycles. The van der Waals surface area contributed by atoms with Gasteiger partial charge in [0.2, 0.25) is 0 Å². The number of rotatable bonds is 15. The number of nitrogens with zero attached hydrogens (tertiary/aromatic N) is 1. The van der Waals surface area contributed by atoms with E-state index in [2.05, 4.69) is 21.0 Å². The third-order valence-corrected chi connectivity index (χ3v) is 6.51. The molecule has 0 aromatic heterocycles. The Hall–Kier alpha value is 0.110. The van der Waals surface area contributed by atoms with Gasteiger partial charge in [-0.3, -0.25) is 4.57 Å². The zero-order chi connectivity index (χ0) is 18.6. The average Bonchev–Trinajstić information content (AvgIpc) is 2.38. The fourth-order valence-electron chi connectivity index (χ4n) is 2.95. The van der Waals surface area contributed by atoms with E-state index >= 15 is 0 Å². The molecule has 0 aliphatic heterocycles. The standard InChI is InChI=1S/C19H43NO3P/c1-8-9-10-11-12-13-14-15-16-20(6,7)17-24(21,22-18(2)3)23-19(4)5/h18-19H,8-17H2,1-7H3/q+1. The molecule has 0 N–H and O–H groups in total. The van der Waals surface area contributed by atoms with Crippen molar-refractivity contribution in [1.82, 2.24) is 0 Å². The summed E-state index contributed by atoms with van der Waals surface area (Å²) in [7, 11) is 1.20. The van der Waals surface area contributed by atoms with Gasteiger partial charge in [-0.05, 0) is 40.5 Å². The first kappa shape index (κ1) is 24.1. The minimum atomic E-state index is -3.05. The van der Waals surface area contributed by atoms with E-state index in [0.717, 1.165) is 6.54 Å². The van der Waals surface area contributed by atoms with Crippen LogP contribution in [0.1, 0.15) is 86.0 Å². The van der Waals surface area contributed by atoms with E-state index in [1.54, 1.807) is 0 Å². The van der Waals surface area contributed by atoms with Gasteiger partial charge in [0.25, 0.3) is 0 Å². The van der Waals surface area contributed by atoms with Crippen LogP contribution in [0.3, 0.4) is 0 Å². The smallest absolute Gasteiger partial charge is 0.318 e. The van der Waals surface area contributed by atoms with E-state index in [-0.39, 0.29) is 12.2 Å². The molecular formula is C19H43NO3P+. The molecule has 0 rings (SSSR count). The second-order valence-corrected chi connectivity index (χ2v) is 10.1. The average molecular weight is 365 g/mol. The first-order valence-electron chi connectivity index (χ1n) is 9.88. The van der Waals surface area contributed by atoms with Gasteiger partial charge in [0.05, 0.1) is 32.8 Å². The highest BCUT2D eigenvalue weighted by molar-refractivity contribution is 7.53. The lowest BCUT2D eigenvalue weighted by Crippen LogP contribution is -2.42. The van der Waals surface area contributed by atoms with Crippen LogP contribution in [0.5, 0.6) is 0 Å². The van der Waals surface area contributed by atoms with Crippen LogP contribution < -0.4 is 0 Å². The Kier molecular flexibility index (Phi) is 12.5. The van der Waals surface area contributed by atoms with E-state index in [0.29, 0.717) is 10.8 Å². The normalized spacial score (nSPS) is 13.2. The summed E-state index contributed by atoms with van der Waals surface area (Å²) >= 11 is 0. The van der Waals surface area contributed by atoms with Crippen LogP contribution in [0, 0.1) is 0 Å². The zero-order valence-electron chi connectivity index (χ0n) is 17.3. The van der Waals surface area contributed by atoms with Gasteiger partial charge in [-0.1, -0.05) is 45.4 Å². The Balaban J connectivity index is 4.21. The molecule has 0 amide bonds. The molecule has 0 atom stereocenters. The van der Waals surface area contributed by atoms with E-state index in [1.165, 1.54) is 51.4 Å². The maximum absolute atomic E-state index is 13.0. The van der Waals surface area contributed by atoms with Crippen molar-refractivity contribution in [3.05, 3.63) is 0 Å². The molecule has 0 aromatic carbocycles. The second-order valence-electron chi connectivity index (χ2n) is 8.19. The number of hydrogen-bond donors (Lipinski definition) is 0. The van der Waals surface area contributed by atoms with Crippen LogP contribution in [0.25, 0.3) is 0 Å². The maximum atomic E-state index is 13.0. The molecule has 0 radical (unpaired) electrons. The largest absolute Gasteiger partial charge is 0.385 e. The van der Waals surface area contributed by atoms with Crippen molar-refractivity contribution in [3.8, 4) is 0 Å². The molecule has 0 aliphatic carbocycles. The van der Waals surface area contributed by atoms with Gasteiger partial charge in [0.1, 0.15) is 0 Å². The van der Waals surface area contributed by atoms with E-state index in [4.69, 9.17) is 9.05 Å². The number of quaternary nitrogens is 1. The van der Waals surface area contributed by atoms with Crippen LogP contribution in [0.15, 0.2) is 0 Å². The summed E-state index contributed by atoms with van der Waals surface area (Å²) < 4.78 is 25.1. The third-order valence-electron chi connectivity index (χ3n) is 3.92. The summed E-state index contributed by atoms with van der Waals surface area (Å²) in [5.41, 5.74) is 0. The van der Waals surface area contributed by atoms with E-state index < -0.39 is 7.60 Å². The van der Waals surface area contributed by atoms with Crippen LogP contribution >= 0.6 is 7.60 Å². The summed E-state index contributed by atoms with van der Waals surface area (Å²) in [4.78, 5) is 0. The molecule has 146 valence electrons. The Morgan fingerprint density at radius 1 is 0.792 bits per heavy atom. The predicted octanol–water partition coefficient (Wildman–Crippen LogP) is 6.20. The topological polar surface area (TPSA) is 35.5 Å². The molecule has 0 heterocycles. The number of hydrogen-bond acceptors (Lipinski definition) is 3. The van der Waals surface area contributed by atoms with Gasteiger partial charge in [-0.2, -0.15) is 0 Å². The molecule has 5 heteroatoms. The Morgan fingerprint density at radius 3 is 1.62 bits per heavy atom. The predicted molar refractivity (Wildman–Crippen MR) is 105 cm³/mol. The van der Waals surface area contributed by atoms with Crippen molar-refractivity contribution < 1.29 is 18.1 Å². The van der Waals surface area contributed by atoms with Crippen molar-refractivity contribution >= 4 is 7.60 Å². The zero-order valence-corrected chi connectivity index (χ0v) is 18.2. The van der Waals surface area contributed by atoms with Crippen LogP contribution in [0.4, 0.5) is 0 Å². The van der Waals surface area contributed by atoms with Crippen LogP contribution in [-0.4, -0.2) is 43.6 Å². The van der Waals surface area contributed by atoms with Gasteiger partial charge >= 0.3 is 7.60 Å². The van der Waals surface area contributed by atoms with E-state index in [1.807, 2.05) is 27.7 Å². The van der Waals surface area contributed by atoms with Crippen LogP contribution in [-0.2, 0) is 13.6 Å². The minimum absolute atomic E-state index is 0.0855. The first-order valence-corrected chi connectivity index (χ1v) is 11.6. The summed E-state index contributed by atoms with van der Waals surface area (Å²) in [6.07, 6.45) is 10.8. The monoisotopic (exact) mass is 364 g/mol. The fraction of sp³-hybridized carbons (Fsp3) is 1.00. The molecular weight excluding hydrogens is 321 g/mol. The summed E-state index contributed by atoms with van der Waals surface area (Å²) in [5, 5.41) is 0. The highest BCUT2D eigenvalue weighted by Crippen LogP contribution is 2.51. The SMILES string of the molecule is CCCCCCCCCC[N+](C)(C)CP(=O)(OC(C)C)OC(C)C. The number of unbranched alkanes of at least 4 members (excludes halogenated alkanes) is 7. The summed E-state index contributed by atoms with van der Waals surface area (Å²) in [5.74, 6) is 0. The molecule has 0 fully saturated rings. The molecule has 0 saturated heterocycles. The molecule has 0 unspecified atom stereocenters. The van der Waals surface area contributed by atoms with Gasteiger partial charge in [-0.25, -0.2) is 0 Å². The van der Waals surface area contributed by atoms with Crippen molar-refractivity contribution in [2.75, 3.05) is 26.9 Å². The van der Waals surface area contributed by atoms with Crippen LogP contribution in [0.2, 0.25) is 0 Å². The molecule has 0 aromatic rings. The maximum Gasteiger partial charge on any atom is 0.385 e. The highest BCUT2D eigenvalue weighted by Gasteiger charge is 2.36. The quantitative estimate of drug-likeness (QED) is 0.197. The van der Waals surface area contributed by atoms with E-state index in [9.17, 15) is 4.57 Å². The Labute approximate surface area is 151 Å². The van der Waals surface area contributed by atoms with Crippen molar-refractivity contribution in [2.45, 2.75) is 98.2 Å². The second kappa shape index (κ2) is 12.5. The molecule has 0 aliphatic rings. The third kappa shape index (κ3) is 13.4. The van der Waals surface area contributed by atoms with Crippen molar-refractivity contribution in [3.63, 3.8) is 0 Å². The van der Waals surface area contributed by atoms with Gasteiger partial charge in [-0.15, -0.1) is 0 Å². The summed E-state index contributed by atoms with van der Waals surface area (Å²) in [6.45, 7) is 10.9. The summed E-state index contributed by atoms with van der Waals surface area (Å²) in [6, 6.07) is 0. The van der Waals surface area contributed by atoms with Crippen molar-refractivity contribution in [2.24, 2.45) is 0 Å². The van der Waals surface area contributed by atoms with Gasteiger partial charge < -0.3 is 13.5 Å². The minimum Gasteiger partial charge on any atom is -0.318 e. The molecule has 24 heavy (non-hydrogen) atoms. The molecule has 0 bridgehead atoms. The Bertz CT molecular complexity index is 343. The molecule has 0 spiro atoms. The highest BCUT2D eigenvalue weighted by atomic mass is 31.2.